The molecular weight excluding hydrogens is 282 g/mol. The fraction of sp³-hybridized carbons (Fsp3) is 0.286. The van der Waals surface area contributed by atoms with Crippen molar-refractivity contribution >= 4 is 40.2 Å². The molecule has 1 unspecified atom stereocenters. The number of hydrogen-bond acceptors (Lipinski definition) is 4. The van der Waals surface area contributed by atoms with Crippen LogP contribution < -0.4 is 0 Å². The van der Waals surface area contributed by atoms with Crippen LogP contribution in [0, 0.1) is 0 Å². The fourth-order valence-electron chi connectivity index (χ4n) is 1.76. The number of hydrogen-bond donors (Lipinski definition) is 0. The molecule has 0 bridgehead atoms. The fourth-order valence-corrected chi connectivity index (χ4v) is 3.00. The van der Waals surface area contributed by atoms with Crippen LogP contribution in [0.4, 0.5) is 0 Å². The number of rotatable bonds is 4. The van der Waals surface area contributed by atoms with E-state index in [0.717, 1.165) is 16.5 Å². The Morgan fingerprint density at radius 3 is 3.00 bits per heavy atom. The van der Waals surface area contributed by atoms with E-state index in [1.807, 2.05) is 31.2 Å². The number of thioether (sulfide) groups is 1. The summed E-state index contributed by atoms with van der Waals surface area (Å²) in [6.07, 6.45) is 1.75. The lowest BCUT2D eigenvalue weighted by Gasteiger charge is -2.11. The molecule has 0 saturated heterocycles. The van der Waals surface area contributed by atoms with E-state index in [2.05, 4.69) is 4.98 Å². The monoisotopic (exact) mass is 295 g/mol. The standard InChI is InChI=1S/C14H14ClNO2S/c1-9(14(17)18-2)19-8-11-12(15)6-5-10-4-3-7-16-13(10)11/h3-7,9H,8H2,1-2H3. The third-order valence-corrected chi connectivity index (χ3v) is 4.33. The number of pyridine rings is 1. The summed E-state index contributed by atoms with van der Waals surface area (Å²) < 4.78 is 4.71. The normalized spacial score (nSPS) is 12.4. The highest BCUT2D eigenvalue weighted by Gasteiger charge is 2.15. The summed E-state index contributed by atoms with van der Waals surface area (Å²) in [6.45, 7) is 1.82. The van der Waals surface area contributed by atoms with Crippen LogP contribution in [0.15, 0.2) is 30.5 Å². The Kier molecular flexibility index (Phi) is 4.66. The molecule has 0 fully saturated rings. The van der Waals surface area contributed by atoms with Crippen molar-refractivity contribution in [3.05, 3.63) is 41.0 Å². The van der Waals surface area contributed by atoms with Gasteiger partial charge in [-0.3, -0.25) is 9.78 Å². The number of esters is 1. The Morgan fingerprint density at radius 1 is 1.47 bits per heavy atom. The molecule has 1 heterocycles. The topological polar surface area (TPSA) is 39.2 Å². The van der Waals surface area contributed by atoms with E-state index in [1.54, 1.807) is 6.20 Å². The van der Waals surface area contributed by atoms with Gasteiger partial charge in [-0.1, -0.05) is 23.7 Å². The molecule has 5 heteroatoms. The predicted octanol–water partition coefficient (Wildman–Crippen LogP) is 3.68. The van der Waals surface area contributed by atoms with Gasteiger partial charge in [-0.15, -0.1) is 11.8 Å². The van der Waals surface area contributed by atoms with Gasteiger partial charge in [0.2, 0.25) is 0 Å². The molecule has 0 spiro atoms. The van der Waals surface area contributed by atoms with E-state index < -0.39 is 0 Å². The minimum Gasteiger partial charge on any atom is -0.468 e. The highest BCUT2D eigenvalue weighted by molar-refractivity contribution is 7.99. The van der Waals surface area contributed by atoms with Gasteiger partial charge in [-0.25, -0.2) is 0 Å². The molecule has 0 saturated carbocycles. The van der Waals surface area contributed by atoms with Gasteiger partial charge in [-0.05, 0) is 19.1 Å². The van der Waals surface area contributed by atoms with E-state index in [-0.39, 0.29) is 11.2 Å². The molecule has 0 radical (unpaired) electrons. The first-order chi connectivity index (χ1) is 9.13. The molecule has 0 aliphatic rings. The number of benzene rings is 1. The summed E-state index contributed by atoms with van der Waals surface area (Å²) in [4.78, 5) is 15.8. The van der Waals surface area contributed by atoms with Crippen LogP contribution in [0.3, 0.4) is 0 Å². The van der Waals surface area contributed by atoms with Gasteiger partial charge in [0.05, 0.1) is 17.9 Å². The zero-order chi connectivity index (χ0) is 13.8. The van der Waals surface area contributed by atoms with Crippen molar-refractivity contribution in [1.29, 1.82) is 0 Å². The number of carbonyl (C=O) groups excluding carboxylic acids is 1. The zero-order valence-electron chi connectivity index (χ0n) is 10.7. The number of fused-ring (bicyclic) bond motifs is 1. The minimum absolute atomic E-state index is 0.222. The van der Waals surface area contributed by atoms with Crippen LogP contribution in [0.2, 0.25) is 5.02 Å². The van der Waals surface area contributed by atoms with Crippen molar-refractivity contribution in [3.8, 4) is 0 Å². The van der Waals surface area contributed by atoms with Crippen LogP contribution in [0.25, 0.3) is 10.9 Å². The summed E-state index contributed by atoms with van der Waals surface area (Å²) in [6, 6.07) is 7.70. The summed E-state index contributed by atoms with van der Waals surface area (Å²) in [5.74, 6) is 0.401. The zero-order valence-corrected chi connectivity index (χ0v) is 12.3. The van der Waals surface area contributed by atoms with Crippen molar-refractivity contribution in [3.63, 3.8) is 0 Å². The number of aromatic nitrogens is 1. The number of halogens is 1. The molecule has 1 aromatic heterocycles. The Hall–Kier alpha value is -1.26. The van der Waals surface area contributed by atoms with E-state index >= 15 is 0 Å². The lowest BCUT2D eigenvalue weighted by molar-refractivity contribution is -0.139. The van der Waals surface area contributed by atoms with Crippen LogP contribution in [0.1, 0.15) is 12.5 Å². The third kappa shape index (κ3) is 3.19. The maximum atomic E-state index is 11.4. The molecule has 0 amide bonds. The van der Waals surface area contributed by atoms with Gasteiger partial charge in [0.1, 0.15) is 0 Å². The first-order valence-electron chi connectivity index (χ1n) is 5.85. The molecule has 100 valence electrons. The summed E-state index contributed by atoms with van der Waals surface area (Å²) in [5, 5.41) is 1.50. The smallest absolute Gasteiger partial charge is 0.318 e. The van der Waals surface area contributed by atoms with Crippen LogP contribution in [-0.2, 0) is 15.3 Å². The second-order valence-electron chi connectivity index (χ2n) is 4.08. The highest BCUT2D eigenvalue weighted by Crippen LogP contribution is 2.29. The Morgan fingerprint density at radius 2 is 2.26 bits per heavy atom. The first kappa shape index (κ1) is 14.2. The van der Waals surface area contributed by atoms with Gasteiger partial charge >= 0.3 is 5.97 Å². The summed E-state index contributed by atoms with van der Waals surface area (Å²) >= 11 is 7.72. The lowest BCUT2D eigenvalue weighted by atomic mass is 10.1. The molecule has 0 aliphatic heterocycles. The molecule has 2 rings (SSSR count). The van der Waals surface area contributed by atoms with Crippen LogP contribution >= 0.6 is 23.4 Å². The van der Waals surface area contributed by atoms with Crippen LogP contribution in [-0.4, -0.2) is 23.3 Å². The molecule has 3 nitrogen and oxygen atoms in total. The summed E-state index contributed by atoms with van der Waals surface area (Å²) in [5.41, 5.74) is 1.85. The second kappa shape index (κ2) is 6.26. The number of methoxy groups -OCH3 is 1. The lowest BCUT2D eigenvalue weighted by Crippen LogP contribution is -2.14. The third-order valence-electron chi connectivity index (χ3n) is 2.83. The van der Waals surface area contributed by atoms with E-state index in [0.29, 0.717) is 10.8 Å². The molecular formula is C14H14ClNO2S. The molecule has 1 aromatic carbocycles. The van der Waals surface area contributed by atoms with Gasteiger partial charge < -0.3 is 4.74 Å². The molecule has 0 N–H and O–H groups in total. The Bertz CT molecular complexity index is 603. The van der Waals surface area contributed by atoms with Crippen LogP contribution in [0.5, 0.6) is 0 Å². The van der Waals surface area contributed by atoms with E-state index in [9.17, 15) is 4.79 Å². The van der Waals surface area contributed by atoms with Crippen molar-refractivity contribution in [2.24, 2.45) is 0 Å². The average Bonchev–Trinajstić information content (AvgIpc) is 2.45. The van der Waals surface area contributed by atoms with Crippen molar-refractivity contribution in [2.45, 2.75) is 17.9 Å². The van der Waals surface area contributed by atoms with Gasteiger partial charge in [0, 0.05) is 27.9 Å². The van der Waals surface area contributed by atoms with Crippen molar-refractivity contribution in [1.82, 2.24) is 4.98 Å². The van der Waals surface area contributed by atoms with Crippen molar-refractivity contribution < 1.29 is 9.53 Å². The molecule has 0 aliphatic carbocycles. The quantitative estimate of drug-likeness (QED) is 0.807. The van der Waals surface area contributed by atoms with Gasteiger partial charge in [0.15, 0.2) is 0 Å². The number of nitrogens with zero attached hydrogens (tertiary/aromatic N) is 1. The highest BCUT2D eigenvalue weighted by atomic mass is 35.5. The maximum Gasteiger partial charge on any atom is 0.318 e. The largest absolute Gasteiger partial charge is 0.468 e. The predicted molar refractivity (Wildman–Crippen MR) is 79.5 cm³/mol. The minimum atomic E-state index is -0.227. The molecule has 19 heavy (non-hydrogen) atoms. The van der Waals surface area contributed by atoms with E-state index in [4.69, 9.17) is 16.3 Å². The molecule has 1 atom stereocenters. The first-order valence-corrected chi connectivity index (χ1v) is 7.27. The molecule has 2 aromatic rings. The van der Waals surface area contributed by atoms with Gasteiger partial charge in [0.25, 0.3) is 0 Å². The Balaban J connectivity index is 2.25. The Labute approximate surface area is 121 Å². The average molecular weight is 296 g/mol. The van der Waals surface area contributed by atoms with E-state index in [1.165, 1.54) is 18.9 Å². The van der Waals surface area contributed by atoms with Crippen molar-refractivity contribution in [2.75, 3.05) is 7.11 Å². The second-order valence-corrected chi connectivity index (χ2v) is 5.81. The maximum absolute atomic E-state index is 11.4. The SMILES string of the molecule is COC(=O)C(C)SCc1c(Cl)ccc2cccnc12. The number of carbonyl (C=O) groups is 1. The number of ether oxygens (including phenoxy) is 1. The van der Waals surface area contributed by atoms with Gasteiger partial charge in [-0.2, -0.15) is 0 Å². The summed E-state index contributed by atoms with van der Waals surface area (Å²) in [7, 11) is 1.39.